The summed E-state index contributed by atoms with van der Waals surface area (Å²) in [6, 6.07) is 4.29. The predicted octanol–water partition coefficient (Wildman–Crippen LogP) is 2.06. The number of fused-ring (bicyclic) bond motifs is 1. The molecule has 1 aliphatic heterocycles. The second kappa shape index (κ2) is 3.83. The third kappa shape index (κ3) is 1.48. The molecule has 0 saturated carbocycles. The Bertz CT molecular complexity index is 559. The Morgan fingerprint density at radius 1 is 1.25 bits per heavy atom. The number of nitrogens with zero attached hydrogens (tertiary/aromatic N) is 3. The summed E-state index contributed by atoms with van der Waals surface area (Å²) < 4.78 is 1.00. The van der Waals surface area contributed by atoms with E-state index in [4.69, 9.17) is 0 Å². The molecule has 0 spiro atoms. The number of aliphatic imine (C=N–C) groups is 1. The first-order valence-electron chi connectivity index (χ1n) is 5.00. The van der Waals surface area contributed by atoms with Crippen molar-refractivity contribution in [1.29, 1.82) is 0 Å². The zero-order chi connectivity index (χ0) is 11.0. The first-order chi connectivity index (χ1) is 7.86. The second-order valence-corrected chi connectivity index (χ2v) is 4.40. The molecule has 80 valence electrons. The topological polar surface area (TPSA) is 50.2 Å². The van der Waals surface area contributed by atoms with Gasteiger partial charge in [-0.25, -0.2) is 0 Å². The smallest absolute Gasteiger partial charge is 0.103 e. The zero-order valence-corrected chi connectivity index (χ0v) is 9.98. The average Bonchev–Trinajstić information content (AvgIpc) is 2.83. The maximum Gasteiger partial charge on any atom is 0.103 e. The van der Waals surface area contributed by atoms with Gasteiger partial charge in [0.25, 0.3) is 0 Å². The summed E-state index contributed by atoms with van der Waals surface area (Å²) in [4.78, 5) is 12.8. The van der Waals surface area contributed by atoms with Crippen LogP contribution in [0.25, 0.3) is 11.0 Å². The molecule has 1 aromatic heterocycles. The fourth-order valence-corrected chi connectivity index (χ4v) is 2.54. The van der Waals surface area contributed by atoms with E-state index >= 15 is 0 Å². The van der Waals surface area contributed by atoms with E-state index < -0.39 is 0 Å². The number of aromatic nitrogens is 2. The van der Waals surface area contributed by atoms with Crippen LogP contribution in [0.15, 0.2) is 34.0 Å². The molecule has 4 nitrogen and oxygen atoms in total. The summed E-state index contributed by atoms with van der Waals surface area (Å²) in [7, 11) is 0. The summed E-state index contributed by atoms with van der Waals surface area (Å²) in [6.07, 6.45) is 5.15. The van der Waals surface area contributed by atoms with Crippen molar-refractivity contribution in [2.75, 3.05) is 6.54 Å². The van der Waals surface area contributed by atoms with Crippen molar-refractivity contribution in [2.45, 2.75) is 6.04 Å². The van der Waals surface area contributed by atoms with Crippen LogP contribution in [0, 0.1) is 0 Å². The Balaban J connectivity index is 2.16. The van der Waals surface area contributed by atoms with Crippen LogP contribution in [0.4, 0.5) is 0 Å². The van der Waals surface area contributed by atoms with Crippen LogP contribution in [0.5, 0.6) is 0 Å². The van der Waals surface area contributed by atoms with E-state index in [1.807, 2.05) is 6.07 Å². The van der Waals surface area contributed by atoms with Crippen LogP contribution < -0.4 is 5.32 Å². The summed E-state index contributed by atoms with van der Waals surface area (Å²) in [5.41, 5.74) is 2.97. The van der Waals surface area contributed by atoms with E-state index in [2.05, 4.69) is 42.3 Å². The van der Waals surface area contributed by atoms with Gasteiger partial charge in [-0.15, -0.1) is 0 Å². The maximum absolute atomic E-state index is 4.33. The van der Waals surface area contributed by atoms with Crippen molar-refractivity contribution >= 4 is 33.3 Å². The van der Waals surface area contributed by atoms with Gasteiger partial charge in [0.15, 0.2) is 0 Å². The van der Waals surface area contributed by atoms with Crippen molar-refractivity contribution in [2.24, 2.45) is 4.99 Å². The van der Waals surface area contributed by atoms with E-state index in [9.17, 15) is 0 Å². The van der Waals surface area contributed by atoms with Crippen LogP contribution in [0.2, 0.25) is 0 Å². The van der Waals surface area contributed by atoms with Crippen LogP contribution >= 0.6 is 15.9 Å². The Labute approximate surface area is 101 Å². The summed E-state index contributed by atoms with van der Waals surface area (Å²) in [5, 5.41) is 3.21. The van der Waals surface area contributed by atoms with Gasteiger partial charge in [-0.3, -0.25) is 15.0 Å². The molecule has 16 heavy (non-hydrogen) atoms. The van der Waals surface area contributed by atoms with Crippen LogP contribution in [0.1, 0.15) is 11.6 Å². The van der Waals surface area contributed by atoms with Crippen LogP contribution in [0.3, 0.4) is 0 Å². The van der Waals surface area contributed by atoms with Crippen LogP contribution in [-0.4, -0.2) is 22.9 Å². The molecule has 0 fully saturated rings. The van der Waals surface area contributed by atoms with Gasteiger partial charge in [0.05, 0.1) is 28.9 Å². The first kappa shape index (κ1) is 9.72. The van der Waals surface area contributed by atoms with Gasteiger partial charge >= 0.3 is 0 Å². The first-order valence-corrected chi connectivity index (χ1v) is 5.79. The molecule has 5 heteroatoms. The van der Waals surface area contributed by atoms with Crippen LogP contribution in [-0.2, 0) is 0 Å². The van der Waals surface area contributed by atoms with Gasteiger partial charge in [0.2, 0.25) is 0 Å². The molecular weight excluding hydrogens is 268 g/mol. The number of halogens is 1. The lowest BCUT2D eigenvalue weighted by molar-refractivity contribution is 0.710. The Morgan fingerprint density at radius 2 is 2.12 bits per heavy atom. The average molecular weight is 277 g/mol. The lowest BCUT2D eigenvalue weighted by Crippen LogP contribution is -2.16. The minimum atomic E-state index is 0.237. The molecule has 1 aliphatic rings. The molecule has 0 saturated heterocycles. The third-order valence-electron chi connectivity index (χ3n) is 2.64. The van der Waals surface area contributed by atoms with E-state index in [-0.39, 0.29) is 6.04 Å². The van der Waals surface area contributed by atoms with Crippen molar-refractivity contribution < 1.29 is 0 Å². The number of hydrogen-bond donors (Lipinski definition) is 1. The lowest BCUT2D eigenvalue weighted by Gasteiger charge is -2.13. The number of rotatable bonds is 1. The van der Waals surface area contributed by atoms with E-state index in [1.54, 1.807) is 18.7 Å². The Kier molecular flexibility index (Phi) is 2.32. The van der Waals surface area contributed by atoms with Crippen molar-refractivity contribution in [3.05, 3.63) is 34.6 Å². The van der Waals surface area contributed by atoms with E-state index in [0.717, 1.165) is 22.1 Å². The summed E-state index contributed by atoms with van der Waals surface area (Å²) in [5.74, 6) is 0. The highest BCUT2D eigenvalue weighted by atomic mass is 79.9. The normalized spacial score (nSPS) is 18.9. The van der Waals surface area contributed by atoms with E-state index in [0.29, 0.717) is 0 Å². The minimum absolute atomic E-state index is 0.237. The highest BCUT2D eigenvalue weighted by molar-refractivity contribution is 9.10. The summed E-state index contributed by atoms with van der Waals surface area (Å²) in [6.45, 7) is 0.768. The van der Waals surface area contributed by atoms with E-state index in [1.165, 1.54) is 5.56 Å². The van der Waals surface area contributed by atoms with Crippen molar-refractivity contribution in [3.8, 4) is 0 Å². The van der Waals surface area contributed by atoms with Gasteiger partial charge in [-0.2, -0.15) is 0 Å². The zero-order valence-electron chi connectivity index (χ0n) is 8.39. The predicted molar refractivity (Wildman–Crippen MR) is 66.5 cm³/mol. The molecule has 3 rings (SSSR count). The lowest BCUT2D eigenvalue weighted by atomic mass is 10.1. The molecule has 2 heterocycles. The summed E-state index contributed by atoms with van der Waals surface area (Å²) >= 11 is 3.59. The second-order valence-electron chi connectivity index (χ2n) is 3.61. The molecular formula is C11H9BrN4. The highest BCUT2D eigenvalue weighted by Crippen LogP contribution is 2.30. The molecule has 1 aromatic carbocycles. The SMILES string of the molecule is Brc1c(C2CN=CN2)ccc2nccnc12. The molecule has 1 unspecified atom stereocenters. The number of nitrogens with one attached hydrogen (secondary N) is 1. The van der Waals surface area contributed by atoms with Crippen molar-refractivity contribution in [3.63, 3.8) is 0 Å². The van der Waals surface area contributed by atoms with Gasteiger partial charge in [0, 0.05) is 12.4 Å². The molecule has 1 N–H and O–H groups in total. The molecule has 0 amide bonds. The largest absolute Gasteiger partial charge is 0.368 e. The minimum Gasteiger partial charge on any atom is -0.368 e. The van der Waals surface area contributed by atoms with Gasteiger partial charge in [-0.05, 0) is 27.6 Å². The molecule has 0 radical (unpaired) electrons. The molecule has 0 aliphatic carbocycles. The van der Waals surface area contributed by atoms with Crippen molar-refractivity contribution in [1.82, 2.24) is 15.3 Å². The molecule has 0 bridgehead atoms. The van der Waals surface area contributed by atoms with Gasteiger partial charge in [0.1, 0.15) is 5.52 Å². The third-order valence-corrected chi connectivity index (χ3v) is 3.47. The number of benzene rings is 1. The fraction of sp³-hybridized carbons (Fsp3) is 0.182. The fourth-order valence-electron chi connectivity index (χ4n) is 1.83. The highest BCUT2D eigenvalue weighted by Gasteiger charge is 2.17. The Hall–Kier alpha value is -1.49. The monoisotopic (exact) mass is 276 g/mol. The quantitative estimate of drug-likeness (QED) is 0.868. The molecule has 2 aromatic rings. The van der Waals surface area contributed by atoms with Gasteiger partial charge < -0.3 is 5.32 Å². The maximum atomic E-state index is 4.33. The Morgan fingerprint density at radius 3 is 2.94 bits per heavy atom. The standard InChI is InChI=1S/C11H9BrN4/c12-10-7(9-5-13-6-16-9)1-2-8-11(10)15-4-3-14-8/h1-4,6,9H,5H2,(H,13,16). The number of hydrogen-bond acceptors (Lipinski definition) is 4. The van der Waals surface area contributed by atoms with Gasteiger partial charge in [-0.1, -0.05) is 6.07 Å². The molecule has 1 atom stereocenters.